The third-order valence-corrected chi connectivity index (χ3v) is 2.81. The fraction of sp³-hybridized carbons (Fsp3) is 0.923. The maximum atomic E-state index is 11.4. The van der Waals surface area contributed by atoms with Gasteiger partial charge in [-0.05, 0) is 26.2 Å². The Balaban J connectivity index is 4.75. The van der Waals surface area contributed by atoms with E-state index in [4.69, 9.17) is 4.74 Å². The molecule has 0 fully saturated rings. The molecule has 1 atom stereocenters. The first-order valence-corrected chi connectivity index (χ1v) is 5.95. The highest BCUT2D eigenvalue weighted by molar-refractivity contribution is 5.78. The Morgan fingerprint density at radius 1 is 1.18 bits per heavy atom. The van der Waals surface area contributed by atoms with Crippen LogP contribution in [0.15, 0.2) is 0 Å². The molecule has 0 radical (unpaired) electrons. The smallest absolute Gasteiger partial charge is 0.323 e. The molecule has 0 aromatic carbocycles. The van der Waals surface area contributed by atoms with Gasteiger partial charge in [0.25, 0.3) is 0 Å². The zero-order chi connectivity index (χ0) is 13.9. The number of hydrogen-bond donors (Lipinski definition) is 2. The van der Waals surface area contributed by atoms with Crippen LogP contribution in [0.3, 0.4) is 0 Å². The van der Waals surface area contributed by atoms with E-state index >= 15 is 0 Å². The van der Waals surface area contributed by atoms with Crippen LogP contribution in [0.5, 0.6) is 0 Å². The molecule has 0 bridgehead atoms. The Kier molecular flexibility index (Phi) is 5.16. The maximum absolute atomic E-state index is 11.4. The number of ether oxygens (including phenoxy) is 1. The number of rotatable bonds is 6. The van der Waals surface area contributed by atoms with E-state index in [1.54, 1.807) is 14.0 Å². The van der Waals surface area contributed by atoms with Crippen molar-refractivity contribution in [1.82, 2.24) is 5.32 Å². The molecule has 0 spiro atoms. The van der Waals surface area contributed by atoms with Gasteiger partial charge >= 0.3 is 5.97 Å². The molecule has 0 rings (SSSR count). The first-order chi connectivity index (χ1) is 7.42. The summed E-state index contributed by atoms with van der Waals surface area (Å²) in [6.07, 6.45) is 0.419. The lowest BCUT2D eigenvalue weighted by atomic mass is 9.86. The van der Waals surface area contributed by atoms with Crippen LogP contribution in [0.25, 0.3) is 0 Å². The molecule has 0 saturated heterocycles. The molecular weight excluding hydrogens is 218 g/mol. The number of nitrogens with one attached hydrogen (secondary N) is 1. The number of carboxylic acids is 1. The summed E-state index contributed by atoms with van der Waals surface area (Å²) in [7, 11) is 1.60. The molecule has 0 aromatic heterocycles. The highest BCUT2D eigenvalue weighted by atomic mass is 16.5. The Bertz CT molecular complexity index is 268. The predicted molar refractivity (Wildman–Crippen MR) is 69.2 cm³/mol. The minimum absolute atomic E-state index is 0.0495. The van der Waals surface area contributed by atoms with Crippen LogP contribution in [0.1, 0.15) is 48.0 Å². The first kappa shape index (κ1) is 16.4. The normalized spacial score (nSPS) is 16.6. The van der Waals surface area contributed by atoms with Gasteiger partial charge in [0, 0.05) is 20.1 Å². The molecule has 2 N–H and O–H groups in total. The van der Waals surface area contributed by atoms with Gasteiger partial charge in [0.15, 0.2) is 0 Å². The lowest BCUT2D eigenvalue weighted by Crippen LogP contribution is -2.55. The summed E-state index contributed by atoms with van der Waals surface area (Å²) < 4.78 is 5.31. The zero-order valence-electron chi connectivity index (χ0n) is 12.2. The highest BCUT2D eigenvalue weighted by Crippen LogP contribution is 2.24. The molecule has 0 aromatic rings. The van der Waals surface area contributed by atoms with Gasteiger partial charge in [0.2, 0.25) is 0 Å². The summed E-state index contributed by atoms with van der Waals surface area (Å²) in [6, 6.07) is 0. The lowest BCUT2D eigenvalue weighted by Gasteiger charge is -2.36. The molecule has 0 saturated carbocycles. The molecule has 0 aliphatic heterocycles. The van der Waals surface area contributed by atoms with E-state index in [2.05, 4.69) is 26.1 Å². The highest BCUT2D eigenvalue weighted by Gasteiger charge is 2.39. The van der Waals surface area contributed by atoms with Gasteiger partial charge < -0.3 is 15.2 Å². The maximum Gasteiger partial charge on any atom is 0.323 e. The molecule has 4 heteroatoms. The van der Waals surface area contributed by atoms with E-state index < -0.39 is 17.1 Å². The SMILES string of the molecule is COC(C)(C)CC(C)(NCC(C)(C)C)C(=O)O. The number of hydrogen-bond acceptors (Lipinski definition) is 3. The summed E-state index contributed by atoms with van der Waals surface area (Å²) in [4.78, 5) is 11.4. The number of carbonyl (C=O) groups is 1. The van der Waals surface area contributed by atoms with Gasteiger partial charge in [0.05, 0.1) is 5.60 Å². The van der Waals surface area contributed by atoms with Gasteiger partial charge in [-0.25, -0.2) is 0 Å². The van der Waals surface area contributed by atoms with Gasteiger partial charge in [-0.1, -0.05) is 20.8 Å². The second kappa shape index (κ2) is 5.36. The van der Waals surface area contributed by atoms with Crippen LogP contribution in [0.4, 0.5) is 0 Å². The average molecular weight is 245 g/mol. The minimum atomic E-state index is -0.965. The fourth-order valence-corrected chi connectivity index (χ4v) is 1.60. The van der Waals surface area contributed by atoms with Crippen molar-refractivity contribution in [2.45, 2.75) is 59.1 Å². The van der Waals surface area contributed by atoms with E-state index in [0.717, 1.165) is 0 Å². The minimum Gasteiger partial charge on any atom is -0.480 e. The van der Waals surface area contributed by atoms with Crippen LogP contribution in [-0.4, -0.2) is 35.9 Å². The molecule has 0 aliphatic carbocycles. The lowest BCUT2D eigenvalue weighted by molar-refractivity contribution is -0.147. The summed E-state index contributed by atoms with van der Waals surface area (Å²) >= 11 is 0. The second-order valence-electron chi connectivity index (χ2n) is 6.69. The van der Waals surface area contributed by atoms with Gasteiger partial charge in [-0.3, -0.25) is 4.79 Å². The van der Waals surface area contributed by atoms with Crippen molar-refractivity contribution in [2.24, 2.45) is 5.41 Å². The van der Waals surface area contributed by atoms with Crippen molar-refractivity contribution in [3.05, 3.63) is 0 Å². The van der Waals surface area contributed by atoms with Crippen molar-refractivity contribution >= 4 is 5.97 Å². The zero-order valence-corrected chi connectivity index (χ0v) is 12.2. The second-order valence-corrected chi connectivity index (χ2v) is 6.69. The molecule has 102 valence electrons. The van der Waals surface area contributed by atoms with Crippen molar-refractivity contribution in [2.75, 3.05) is 13.7 Å². The predicted octanol–water partition coefficient (Wildman–Crippen LogP) is 2.28. The van der Waals surface area contributed by atoms with Gasteiger partial charge in [0.1, 0.15) is 5.54 Å². The largest absolute Gasteiger partial charge is 0.480 e. The Hall–Kier alpha value is -0.610. The molecule has 0 heterocycles. The van der Waals surface area contributed by atoms with Crippen molar-refractivity contribution in [3.63, 3.8) is 0 Å². The van der Waals surface area contributed by atoms with Crippen molar-refractivity contribution in [3.8, 4) is 0 Å². The summed E-state index contributed by atoms with van der Waals surface area (Å²) in [5.74, 6) is -0.841. The quantitative estimate of drug-likeness (QED) is 0.753. The number of aliphatic carboxylic acids is 1. The monoisotopic (exact) mass is 245 g/mol. The number of methoxy groups -OCH3 is 1. The Morgan fingerprint density at radius 3 is 1.94 bits per heavy atom. The van der Waals surface area contributed by atoms with E-state index in [-0.39, 0.29) is 5.41 Å². The van der Waals surface area contributed by atoms with Crippen molar-refractivity contribution < 1.29 is 14.6 Å². The summed E-state index contributed by atoms with van der Waals surface area (Å²) in [5, 5.41) is 12.5. The molecule has 1 unspecified atom stereocenters. The first-order valence-electron chi connectivity index (χ1n) is 5.95. The fourth-order valence-electron chi connectivity index (χ4n) is 1.60. The summed E-state index contributed by atoms with van der Waals surface area (Å²) in [6.45, 7) is 12.4. The van der Waals surface area contributed by atoms with E-state index in [9.17, 15) is 9.90 Å². The summed E-state index contributed by atoms with van der Waals surface area (Å²) in [5.41, 5.74) is -1.38. The van der Waals surface area contributed by atoms with Crippen LogP contribution >= 0.6 is 0 Å². The standard InChI is InChI=1S/C13H27NO3/c1-11(2,3)9-14-13(6,10(15)16)8-12(4,5)17-7/h14H,8-9H2,1-7H3,(H,15,16). The Morgan fingerprint density at radius 2 is 1.65 bits per heavy atom. The Labute approximate surface area is 105 Å². The van der Waals surface area contributed by atoms with E-state index in [0.29, 0.717) is 13.0 Å². The van der Waals surface area contributed by atoms with Crippen LogP contribution in [0.2, 0.25) is 0 Å². The third kappa shape index (κ3) is 6.03. The van der Waals surface area contributed by atoms with Crippen LogP contribution in [-0.2, 0) is 9.53 Å². The van der Waals surface area contributed by atoms with Gasteiger partial charge in [-0.2, -0.15) is 0 Å². The molecule has 17 heavy (non-hydrogen) atoms. The van der Waals surface area contributed by atoms with Crippen molar-refractivity contribution in [1.29, 1.82) is 0 Å². The van der Waals surface area contributed by atoms with E-state index in [1.807, 2.05) is 13.8 Å². The average Bonchev–Trinajstić information content (AvgIpc) is 2.13. The third-order valence-electron chi connectivity index (χ3n) is 2.81. The van der Waals surface area contributed by atoms with Crippen LogP contribution in [0, 0.1) is 5.41 Å². The number of carboxylic acid groups (broad SMARTS) is 1. The van der Waals surface area contributed by atoms with Gasteiger partial charge in [-0.15, -0.1) is 0 Å². The molecular formula is C13H27NO3. The molecule has 0 aliphatic rings. The molecule has 0 amide bonds. The molecule has 4 nitrogen and oxygen atoms in total. The van der Waals surface area contributed by atoms with Crippen LogP contribution < -0.4 is 5.32 Å². The van der Waals surface area contributed by atoms with E-state index in [1.165, 1.54) is 0 Å². The topological polar surface area (TPSA) is 58.6 Å².